The van der Waals surface area contributed by atoms with E-state index in [0.717, 1.165) is 32.7 Å². The fraction of sp³-hybridized carbons (Fsp3) is 0.462. The van der Waals surface area contributed by atoms with Crippen LogP contribution in [0.4, 0.5) is 15.8 Å². The monoisotopic (exact) mass is 251 g/mol. The molecule has 1 amide bonds. The molecule has 0 atom stereocenters. The number of amides is 1. The second-order valence-electron chi connectivity index (χ2n) is 4.35. The number of hydrogen-bond donors (Lipinski definition) is 1. The van der Waals surface area contributed by atoms with Gasteiger partial charge in [-0.15, -0.1) is 0 Å². The summed E-state index contributed by atoms with van der Waals surface area (Å²) in [5, 5.41) is 2.45. The molecular formula is C13H18FN3O. The van der Waals surface area contributed by atoms with Crippen molar-refractivity contribution in [3.05, 3.63) is 24.0 Å². The summed E-state index contributed by atoms with van der Waals surface area (Å²) in [7, 11) is 0. The number of carbonyl (C=O) groups excluding carboxylic acids is 1. The van der Waals surface area contributed by atoms with E-state index in [0.29, 0.717) is 17.8 Å². The molecule has 18 heavy (non-hydrogen) atoms. The third kappa shape index (κ3) is 2.79. The maximum absolute atomic E-state index is 13.9. The van der Waals surface area contributed by atoms with Gasteiger partial charge in [-0.1, -0.05) is 6.92 Å². The molecule has 1 aliphatic heterocycles. The van der Waals surface area contributed by atoms with Gasteiger partial charge in [0, 0.05) is 31.9 Å². The molecular weight excluding hydrogens is 233 g/mol. The molecule has 0 aromatic heterocycles. The lowest BCUT2D eigenvalue weighted by molar-refractivity contribution is -0.105. The Hall–Kier alpha value is -1.62. The maximum atomic E-state index is 13.9. The van der Waals surface area contributed by atoms with Crippen LogP contribution in [0.5, 0.6) is 0 Å². The lowest BCUT2D eigenvalue weighted by Crippen LogP contribution is -2.46. The van der Waals surface area contributed by atoms with Gasteiger partial charge in [0.05, 0.1) is 5.69 Å². The van der Waals surface area contributed by atoms with Crippen molar-refractivity contribution in [2.24, 2.45) is 0 Å². The molecule has 0 saturated carbocycles. The second-order valence-corrected chi connectivity index (χ2v) is 4.35. The van der Waals surface area contributed by atoms with E-state index in [4.69, 9.17) is 0 Å². The average molecular weight is 251 g/mol. The molecule has 4 nitrogen and oxygen atoms in total. The van der Waals surface area contributed by atoms with Gasteiger partial charge in [-0.2, -0.15) is 0 Å². The van der Waals surface area contributed by atoms with Crippen molar-refractivity contribution in [3.63, 3.8) is 0 Å². The lowest BCUT2D eigenvalue weighted by Gasteiger charge is -2.35. The van der Waals surface area contributed by atoms with Crippen LogP contribution in [0.25, 0.3) is 0 Å². The van der Waals surface area contributed by atoms with Crippen molar-refractivity contribution in [1.82, 2.24) is 4.90 Å². The highest BCUT2D eigenvalue weighted by Gasteiger charge is 2.18. The lowest BCUT2D eigenvalue weighted by atomic mass is 10.2. The third-order valence-electron chi connectivity index (χ3n) is 3.33. The number of benzene rings is 1. The summed E-state index contributed by atoms with van der Waals surface area (Å²) in [6.45, 7) is 6.78. The topological polar surface area (TPSA) is 35.6 Å². The summed E-state index contributed by atoms with van der Waals surface area (Å²) in [5.74, 6) is -0.285. The summed E-state index contributed by atoms with van der Waals surface area (Å²) in [4.78, 5) is 14.7. The summed E-state index contributed by atoms with van der Waals surface area (Å²) in [6, 6.07) is 4.80. The summed E-state index contributed by atoms with van der Waals surface area (Å²) < 4.78 is 13.9. The maximum Gasteiger partial charge on any atom is 0.211 e. The fourth-order valence-corrected chi connectivity index (χ4v) is 2.23. The van der Waals surface area contributed by atoms with Gasteiger partial charge in [-0.25, -0.2) is 4.39 Å². The van der Waals surface area contributed by atoms with Crippen LogP contribution in [0, 0.1) is 5.82 Å². The average Bonchev–Trinajstić information content (AvgIpc) is 2.40. The van der Waals surface area contributed by atoms with Gasteiger partial charge in [-0.3, -0.25) is 4.79 Å². The molecule has 2 rings (SSSR count). The Morgan fingerprint density at radius 2 is 2.06 bits per heavy atom. The summed E-state index contributed by atoms with van der Waals surface area (Å²) in [5.41, 5.74) is 1.10. The molecule has 1 fully saturated rings. The van der Waals surface area contributed by atoms with Gasteiger partial charge in [-0.05, 0) is 24.7 Å². The highest BCUT2D eigenvalue weighted by atomic mass is 19.1. The van der Waals surface area contributed by atoms with Gasteiger partial charge < -0.3 is 15.1 Å². The minimum absolute atomic E-state index is 0.285. The SMILES string of the molecule is CCN1CCN(c2ccc(NC=O)cc2F)CC1. The molecule has 0 radical (unpaired) electrons. The molecule has 1 saturated heterocycles. The number of carbonyl (C=O) groups is 1. The largest absolute Gasteiger partial charge is 0.367 e. The Bertz CT molecular complexity index is 417. The molecule has 1 aliphatic rings. The van der Waals surface area contributed by atoms with Crippen LogP contribution in [0.1, 0.15) is 6.92 Å². The van der Waals surface area contributed by atoms with E-state index in [1.165, 1.54) is 6.07 Å². The van der Waals surface area contributed by atoms with Gasteiger partial charge >= 0.3 is 0 Å². The number of likely N-dealkylation sites (N-methyl/N-ethyl adjacent to an activating group) is 1. The highest BCUT2D eigenvalue weighted by Crippen LogP contribution is 2.23. The van der Waals surface area contributed by atoms with Crippen molar-refractivity contribution in [1.29, 1.82) is 0 Å². The van der Waals surface area contributed by atoms with E-state index in [1.807, 2.05) is 4.90 Å². The first-order chi connectivity index (χ1) is 8.74. The standard InChI is InChI=1S/C13H18FN3O/c1-2-16-5-7-17(8-6-16)13-4-3-11(15-10-18)9-12(13)14/h3-4,9-10H,2,5-8H2,1H3,(H,15,18). The number of halogens is 1. The van der Waals surface area contributed by atoms with Gasteiger partial charge in [0.25, 0.3) is 0 Å². The molecule has 0 spiro atoms. The second kappa shape index (κ2) is 5.82. The van der Waals surface area contributed by atoms with Crippen LogP contribution >= 0.6 is 0 Å². The Morgan fingerprint density at radius 3 is 2.61 bits per heavy atom. The molecule has 0 bridgehead atoms. The Kier molecular flexibility index (Phi) is 4.15. The first-order valence-corrected chi connectivity index (χ1v) is 6.21. The van der Waals surface area contributed by atoms with Crippen LogP contribution in [0.3, 0.4) is 0 Å². The quantitative estimate of drug-likeness (QED) is 0.824. The van der Waals surface area contributed by atoms with Gasteiger partial charge in [0.1, 0.15) is 5.82 Å². The highest BCUT2D eigenvalue weighted by molar-refractivity contribution is 5.72. The van der Waals surface area contributed by atoms with E-state index in [9.17, 15) is 9.18 Å². The number of anilines is 2. The third-order valence-corrected chi connectivity index (χ3v) is 3.33. The van der Waals surface area contributed by atoms with E-state index in [-0.39, 0.29) is 5.82 Å². The Morgan fingerprint density at radius 1 is 1.33 bits per heavy atom. The first-order valence-electron chi connectivity index (χ1n) is 6.21. The molecule has 98 valence electrons. The molecule has 5 heteroatoms. The predicted molar refractivity (Wildman–Crippen MR) is 70.4 cm³/mol. The van der Waals surface area contributed by atoms with Crippen LogP contribution in [0.2, 0.25) is 0 Å². The van der Waals surface area contributed by atoms with E-state index in [2.05, 4.69) is 17.1 Å². The van der Waals surface area contributed by atoms with Crippen molar-refractivity contribution in [2.75, 3.05) is 42.9 Å². The van der Waals surface area contributed by atoms with Gasteiger partial charge in [0.2, 0.25) is 6.41 Å². The van der Waals surface area contributed by atoms with Crippen LogP contribution in [0.15, 0.2) is 18.2 Å². The van der Waals surface area contributed by atoms with E-state index in [1.54, 1.807) is 12.1 Å². The smallest absolute Gasteiger partial charge is 0.211 e. The zero-order chi connectivity index (χ0) is 13.0. The van der Waals surface area contributed by atoms with Crippen LogP contribution in [-0.4, -0.2) is 44.0 Å². The van der Waals surface area contributed by atoms with Crippen molar-refractivity contribution >= 4 is 17.8 Å². The number of rotatable bonds is 4. The zero-order valence-electron chi connectivity index (χ0n) is 10.5. The molecule has 1 N–H and O–H groups in total. The molecule has 1 aromatic rings. The normalized spacial score (nSPS) is 16.7. The molecule has 0 aliphatic carbocycles. The van der Waals surface area contributed by atoms with Crippen molar-refractivity contribution in [2.45, 2.75) is 6.92 Å². The van der Waals surface area contributed by atoms with E-state index < -0.39 is 0 Å². The minimum atomic E-state index is -0.285. The molecule has 1 heterocycles. The van der Waals surface area contributed by atoms with Crippen molar-refractivity contribution in [3.8, 4) is 0 Å². The molecule has 0 unspecified atom stereocenters. The fourth-order valence-electron chi connectivity index (χ4n) is 2.23. The minimum Gasteiger partial charge on any atom is -0.367 e. The Labute approximate surface area is 106 Å². The summed E-state index contributed by atoms with van der Waals surface area (Å²) in [6.07, 6.45) is 0.550. The Balaban J connectivity index is 2.07. The number of piperazine rings is 1. The first kappa shape index (κ1) is 12.8. The number of hydrogen-bond acceptors (Lipinski definition) is 3. The number of nitrogens with zero attached hydrogens (tertiary/aromatic N) is 2. The number of nitrogens with one attached hydrogen (secondary N) is 1. The van der Waals surface area contributed by atoms with E-state index >= 15 is 0 Å². The van der Waals surface area contributed by atoms with Gasteiger partial charge in [0.15, 0.2) is 0 Å². The van der Waals surface area contributed by atoms with Crippen LogP contribution < -0.4 is 10.2 Å². The molecule has 1 aromatic carbocycles. The summed E-state index contributed by atoms with van der Waals surface area (Å²) >= 11 is 0. The van der Waals surface area contributed by atoms with Crippen molar-refractivity contribution < 1.29 is 9.18 Å². The van der Waals surface area contributed by atoms with Crippen LogP contribution in [-0.2, 0) is 4.79 Å². The zero-order valence-corrected chi connectivity index (χ0v) is 10.5. The predicted octanol–water partition coefficient (Wildman–Crippen LogP) is 1.54.